The van der Waals surface area contributed by atoms with E-state index in [2.05, 4.69) is 10.0 Å². The summed E-state index contributed by atoms with van der Waals surface area (Å²) in [6.45, 7) is 1.49. The maximum absolute atomic E-state index is 13.3. The number of nitrogens with one attached hydrogen (secondary N) is 2. The highest BCUT2D eigenvalue weighted by atomic mass is 32.2. The molecule has 0 aromatic heterocycles. The second-order valence-corrected chi connectivity index (χ2v) is 6.95. The van der Waals surface area contributed by atoms with Crippen LogP contribution in [-0.2, 0) is 21.2 Å². The van der Waals surface area contributed by atoms with Gasteiger partial charge in [0.25, 0.3) is 0 Å². The predicted octanol–water partition coefficient (Wildman–Crippen LogP) is 2.18. The number of halogens is 1. The number of hydrogen-bond donors (Lipinski definition) is 2. The van der Waals surface area contributed by atoms with Gasteiger partial charge in [0, 0.05) is 5.69 Å². The normalized spacial score (nSPS) is 10.9. The van der Waals surface area contributed by atoms with E-state index in [1.54, 1.807) is 24.3 Å². The van der Waals surface area contributed by atoms with Crippen molar-refractivity contribution in [1.29, 1.82) is 5.26 Å². The van der Waals surface area contributed by atoms with Gasteiger partial charge in [-0.1, -0.05) is 19.1 Å². The number of carbonyl (C=O) groups is 1. The molecule has 0 bridgehead atoms. The van der Waals surface area contributed by atoms with Gasteiger partial charge in [-0.3, -0.25) is 4.79 Å². The minimum absolute atomic E-state index is 0.286. The van der Waals surface area contributed by atoms with Crippen LogP contribution in [0.3, 0.4) is 0 Å². The van der Waals surface area contributed by atoms with Crippen LogP contribution in [0.1, 0.15) is 18.1 Å². The number of hydrogen-bond acceptors (Lipinski definition) is 4. The van der Waals surface area contributed by atoms with Gasteiger partial charge in [-0.2, -0.15) is 5.26 Å². The van der Waals surface area contributed by atoms with E-state index in [9.17, 15) is 17.6 Å². The highest BCUT2D eigenvalue weighted by molar-refractivity contribution is 7.89. The van der Waals surface area contributed by atoms with Crippen LogP contribution in [0, 0.1) is 17.1 Å². The Hall–Kier alpha value is -2.76. The van der Waals surface area contributed by atoms with Gasteiger partial charge in [0.15, 0.2) is 0 Å². The van der Waals surface area contributed by atoms with E-state index in [1.165, 1.54) is 0 Å². The van der Waals surface area contributed by atoms with Crippen LogP contribution in [-0.4, -0.2) is 20.9 Å². The average Bonchev–Trinajstić information content (AvgIpc) is 2.60. The predicted molar refractivity (Wildman–Crippen MR) is 90.8 cm³/mol. The Morgan fingerprint density at radius 1 is 1.24 bits per heavy atom. The van der Waals surface area contributed by atoms with Crippen LogP contribution in [0.4, 0.5) is 10.1 Å². The molecule has 0 fully saturated rings. The summed E-state index contributed by atoms with van der Waals surface area (Å²) in [5.41, 5.74) is 1.22. The molecular weight excluding hydrogens is 345 g/mol. The molecule has 0 saturated heterocycles. The molecule has 0 radical (unpaired) electrons. The molecule has 0 aliphatic carbocycles. The second kappa shape index (κ2) is 7.88. The van der Waals surface area contributed by atoms with E-state index in [0.29, 0.717) is 5.69 Å². The van der Waals surface area contributed by atoms with Crippen LogP contribution in [0.2, 0.25) is 0 Å². The fraction of sp³-hybridized carbons (Fsp3) is 0.176. The average molecular weight is 361 g/mol. The zero-order chi connectivity index (χ0) is 18.4. The summed E-state index contributed by atoms with van der Waals surface area (Å²) < 4.78 is 39.7. The summed E-state index contributed by atoms with van der Waals surface area (Å²) in [4.78, 5) is 11.6. The number of anilines is 1. The van der Waals surface area contributed by atoms with Crippen LogP contribution in [0.5, 0.6) is 0 Å². The van der Waals surface area contributed by atoms with Crippen LogP contribution in [0.25, 0.3) is 0 Å². The van der Waals surface area contributed by atoms with Crippen LogP contribution >= 0.6 is 0 Å². The van der Waals surface area contributed by atoms with Crippen molar-refractivity contribution < 1.29 is 17.6 Å². The number of benzene rings is 2. The first-order chi connectivity index (χ1) is 11.9. The first-order valence-corrected chi connectivity index (χ1v) is 8.92. The first kappa shape index (κ1) is 18.6. The Labute approximate surface area is 145 Å². The third-order valence-electron chi connectivity index (χ3n) is 3.41. The fourth-order valence-corrected chi connectivity index (χ4v) is 3.08. The summed E-state index contributed by atoms with van der Waals surface area (Å²) in [5.74, 6) is -1.35. The van der Waals surface area contributed by atoms with Gasteiger partial charge in [-0.15, -0.1) is 0 Å². The van der Waals surface area contributed by atoms with Crippen molar-refractivity contribution in [1.82, 2.24) is 4.72 Å². The number of aryl methyl sites for hydroxylation is 1. The van der Waals surface area contributed by atoms with Crippen molar-refractivity contribution in [2.75, 3.05) is 11.9 Å². The summed E-state index contributed by atoms with van der Waals surface area (Å²) in [5, 5.41) is 11.4. The molecule has 0 saturated carbocycles. The number of nitrogens with zero attached hydrogens (tertiary/aromatic N) is 1. The SMILES string of the molecule is CCc1cccc(NC(=O)CNS(=O)(=O)c2ccc(F)c(C#N)c2)c1. The van der Waals surface area contributed by atoms with Gasteiger partial charge in [0.1, 0.15) is 11.9 Å². The lowest BCUT2D eigenvalue weighted by molar-refractivity contribution is -0.115. The van der Waals surface area contributed by atoms with E-state index in [-0.39, 0.29) is 10.5 Å². The Morgan fingerprint density at radius 2 is 2.00 bits per heavy atom. The molecule has 0 aliphatic heterocycles. The maximum atomic E-state index is 13.3. The van der Waals surface area contributed by atoms with E-state index in [0.717, 1.165) is 30.2 Å². The molecule has 8 heteroatoms. The highest BCUT2D eigenvalue weighted by Gasteiger charge is 2.17. The number of carbonyl (C=O) groups excluding carboxylic acids is 1. The summed E-state index contributed by atoms with van der Waals surface area (Å²) in [6, 6.07) is 11.6. The number of rotatable bonds is 6. The van der Waals surface area contributed by atoms with Gasteiger partial charge >= 0.3 is 0 Å². The van der Waals surface area contributed by atoms with Crippen molar-refractivity contribution in [3.05, 3.63) is 59.4 Å². The van der Waals surface area contributed by atoms with Crippen molar-refractivity contribution >= 4 is 21.6 Å². The molecule has 130 valence electrons. The molecule has 0 aliphatic rings. The second-order valence-electron chi connectivity index (χ2n) is 5.18. The molecule has 2 rings (SSSR count). The van der Waals surface area contributed by atoms with Gasteiger partial charge < -0.3 is 5.32 Å². The zero-order valence-electron chi connectivity index (χ0n) is 13.4. The van der Waals surface area contributed by atoms with Gasteiger partial charge in [0.2, 0.25) is 15.9 Å². The summed E-state index contributed by atoms with van der Waals surface area (Å²) in [7, 11) is -4.04. The quantitative estimate of drug-likeness (QED) is 0.824. The number of amides is 1. The largest absolute Gasteiger partial charge is 0.325 e. The molecule has 0 unspecified atom stereocenters. The van der Waals surface area contributed by atoms with Crippen molar-refractivity contribution in [3.63, 3.8) is 0 Å². The third-order valence-corrected chi connectivity index (χ3v) is 4.81. The lowest BCUT2D eigenvalue weighted by atomic mass is 10.1. The van der Waals surface area contributed by atoms with E-state index in [1.807, 2.05) is 13.0 Å². The summed E-state index contributed by atoms with van der Waals surface area (Å²) >= 11 is 0. The molecule has 6 nitrogen and oxygen atoms in total. The summed E-state index contributed by atoms with van der Waals surface area (Å²) in [6.07, 6.45) is 0.808. The van der Waals surface area contributed by atoms with Crippen LogP contribution in [0.15, 0.2) is 47.4 Å². The molecule has 2 N–H and O–H groups in total. The third kappa shape index (κ3) is 4.86. The Morgan fingerprint density at radius 3 is 2.68 bits per heavy atom. The van der Waals surface area contributed by atoms with E-state index < -0.39 is 28.3 Å². The highest BCUT2D eigenvalue weighted by Crippen LogP contribution is 2.14. The topological polar surface area (TPSA) is 99.1 Å². The minimum Gasteiger partial charge on any atom is -0.325 e. The molecule has 0 heterocycles. The lowest BCUT2D eigenvalue weighted by Gasteiger charge is -2.09. The molecule has 25 heavy (non-hydrogen) atoms. The smallest absolute Gasteiger partial charge is 0.241 e. The standard InChI is InChI=1S/C17H16FN3O3S/c1-2-12-4-3-5-14(8-12)21-17(22)11-20-25(23,24)15-6-7-16(18)13(9-15)10-19/h3-9,20H,2,11H2,1H3,(H,21,22). The van der Waals surface area contributed by atoms with Gasteiger partial charge in [-0.05, 0) is 42.3 Å². The van der Waals surface area contributed by atoms with E-state index in [4.69, 9.17) is 5.26 Å². The number of sulfonamides is 1. The molecule has 2 aromatic rings. The molecular formula is C17H16FN3O3S. The molecule has 0 atom stereocenters. The Balaban J connectivity index is 2.04. The minimum atomic E-state index is -4.04. The van der Waals surface area contributed by atoms with Crippen molar-refractivity contribution in [3.8, 4) is 6.07 Å². The lowest BCUT2D eigenvalue weighted by Crippen LogP contribution is -2.33. The molecule has 1 amide bonds. The monoisotopic (exact) mass is 361 g/mol. The fourth-order valence-electron chi connectivity index (χ4n) is 2.08. The van der Waals surface area contributed by atoms with Gasteiger partial charge in [0.05, 0.1) is 17.0 Å². The number of nitriles is 1. The molecule has 2 aromatic carbocycles. The Kier molecular flexibility index (Phi) is 5.85. The van der Waals surface area contributed by atoms with Crippen molar-refractivity contribution in [2.24, 2.45) is 0 Å². The molecule has 0 spiro atoms. The van der Waals surface area contributed by atoms with Crippen LogP contribution < -0.4 is 10.0 Å². The Bertz CT molecular complexity index is 936. The van der Waals surface area contributed by atoms with E-state index >= 15 is 0 Å². The first-order valence-electron chi connectivity index (χ1n) is 7.44. The maximum Gasteiger partial charge on any atom is 0.241 e. The zero-order valence-corrected chi connectivity index (χ0v) is 14.2. The van der Waals surface area contributed by atoms with Gasteiger partial charge in [-0.25, -0.2) is 17.5 Å². The van der Waals surface area contributed by atoms with Crippen molar-refractivity contribution in [2.45, 2.75) is 18.2 Å².